The van der Waals surface area contributed by atoms with Gasteiger partial charge in [0.05, 0.1) is 10.9 Å². The summed E-state index contributed by atoms with van der Waals surface area (Å²) in [5.74, 6) is -0.773. The first-order chi connectivity index (χ1) is 9.63. The Morgan fingerprint density at radius 2 is 2.05 bits per heavy atom. The number of benzene rings is 2. The Bertz CT molecular complexity index is 809. The average Bonchev–Trinajstić information content (AvgIpc) is 2.80. The summed E-state index contributed by atoms with van der Waals surface area (Å²) < 4.78 is 18.6. The minimum atomic E-state index is -0.502. The van der Waals surface area contributed by atoms with E-state index >= 15 is 0 Å². The smallest absolute Gasteiger partial charge is 0.408 e. The van der Waals surface area contributed by atoms with Crippen LogP contribution in [0.1, 0.15) is 16.5 Å². The Hall–Kier alpha value is -2.07. The SMILES string of the molecule is O=c1[nH]c2ccc(C(Cl)Cc3ccccc3F)cc2o1. The van der Waals surface area contributed by atoms with E-state index in [0.29, 0.717) is 23.1 Å². The lowest BCUT2D eigenvalue weighted by atomic mass is 10.0. The summed E-state index contributed by atoms with van der Waals surface area (Å²) in [6.45, 7) is 0. The van der Waals surface area contributed by atoms with E-state index in [-0.39, 0.29) is 5.82 Å². The zero-order chi connectivity index (χ0) is 14.1. The Balaban J connectivity index is 1.90. The van der Waals surface area contributed by atoms with E-state index in [1.807, 2.05) is 0 Å². The number of nitrogens with one attached hydrogen (secondary N) is 1. The van der Waals surface area contributed by atoms with Gasteiger partial charge in [0.2, 0.25) is 0 Å². The van der Waals surface area contributed by atoms with Crippen molar-refractivity contribution in [3.8, 4) is 0 Å². The predicted octanol–water partition coefficient (Wildman–Crippen LogP) is 3.78. The summed E-state index contributed by atoms with van der Waals surface area (Å²) in [6, 6.07) is 11.8. The number of aromatic nitrogens is 1. The molecule has 0 radical (unpaired) electrons. The molecule has 2 aromatic carbocycles. The van der Waals surface area contributed by atoms with Crippen molar-refractivity contribution in [3.05, 3.63) is 70.0 Å². The minimum absolute atomic E-state index is 0.271. The number of fused-ring (bicyclic) bond motifs is 1. The van der Waals surface area contributed by atoms with Crippen molar-refractivity contribution >= 4 is 22.7 Å². The third kappa shape index (κ3) is 2.47. The van der Waals surface area contributed by atoms with Crippen LogP contribution in [0.3, 0.4) is 0 Å². The molecule has 3 aromatic rings. The van der Waals surface area contributed by atoms with Gasteiger partial charge in [0.25, 0.3) is 0 Å². The van der Waals surface area contributed by atoms with E-state index in [4.69, 9.17) is 16.0 Å². The summed E-state index contributed by atoms with van der Waals surface area (Å²) in [5.41, 5.74) is 2.41. The second-order valence-corrected chi connectivity index (χ2v) is 5.06. The number of rotatable bonds is 3. The van der Waals surface area contributed by atoms with Crippen molar-refractivity contribution < 1.29 is 8.81 Å². The van der Waals surface area contributed by atoms with Gasteiger partial charge in [0.1, 0.15) is 5.82 Å². The molecular formula is C15H11ClFNO2. The maximum absolute atomic E-state index is 13.6. The molecule has 5 heteroatoms. The lowest BCUT2D eigenvalue weighted by molar-refractivity contribution is 0.555. The van der Waals surface area contributed by atoms with Gasteiger partial charge in [-0.1, -0.05) is 24.3 Å². The van der Waals surface area contributed by atoms with Gasteiger partial charge in [-0.25, -0.2) is 9.18 Å². The summed E-state index contributed by atoms with van der Waals surface area (Å²) in [6.07, 6.45) is 0.369. The van der Waals surface area contributed by atoms with Crippen molar-refractivity contribution in [3.63, 3.8) is 0 Å². The number of alkyl halides is 1. The van der Waals surface area contributed by atoms with Crippen LogP contribution in [0.4, 0.5) is 4.39 Å². The first-order valence-corrected chi connectivity index (χ1v) is 6.57. The highest BCUT2D eigenvalue weighted by Crippen LogP contribution is 2.28. The fourth-order valence-electron chi connectivity index (χ4n) is 2.13. The summed E-state index contributed by atoms with van der Waals surface area (Å²) in [7, 11) is 0. The number of oxazole rings is 1. The molecule has 0 aliphatic carbocycles. The summed E-state index contributed by atoms with van der Waals surface area (Å²) in [5, 5.41) is -0.392. The summed E-state index contributed by atoms with van der Waals surface area (Å²) in [4.78, 5) is 13.7. The zero-order valence-corrected chi connectivity index (χ0v) is 11.2. The Kier molecular flexibility index (Phi) is 3.32. The topological polar surface area (TPSA) is 46.0 Å². The van der Waals surface area contributed by atoms with Gasteiger partial charge in [-0.2, -0.15) is 0 Å². The van der Waals surface area contributed by atoms with Crippen LogP contribution >= 0.6 is 11.6 Å². The van der Waals surface area contributed by atoms with E-state index in [2.05, 4.69) is 4.98 Å². The number of aromatic amines is 1. The second-order valence-electron chi connectivity index (χ2n) is 4.53. The fraction of sp³-hybridized carbons (Fsp3) is 0.133. The molecule has 102 valence electrons. The number of hydrogen-bond donors (Lipinski definition) is 1. The fourth-order valence-corrected chi connectivity index (χ4v) is 2.43. The molecule has 0 saturated carbocycles. The predicted molar refractivity (Wildman–Crippen MR) is 75.5 cm³/mol. The van der Waals surface area contributed by atoms with E-state index in [1.54, 1.807) is 36.4 Å². The first-order valence-electron chi connectivity index (χ1n) is 6.14. The standard InChI is InChI=1S/C15H11ClFNO2/c16-11(7-10-3-1-2-4-12(10)17)9-5-6-13-14(8-9)20-15(19)18-13/h1-6,8,11H,7H2,(H,18,19). The highest BCUT2D eigenvalue weighted by atomic mass is 35.5. The molecule has 0 amide bonds. The van der Waals surface area contributed by atoms with Crippen LogP contribution < -0.4 is 5.76 Å². The van der Waals surface area contributed by atoms with Crippen molar-refractivity contribution in [2.24, 2.45) is 0 Å². The molecule has 0 fully saturated rings. The lowest BCUT2D eigenvalue weighted by Crippen LogP contribution is -1.98. The molecular weight excluding hydrogens is 281 g/mol. The van der Waals surface area contributed by atoms with E-state index in [9.17, 15) is 9.18 Å². The molecule has 0 saturated heterocycles. The number of halogens is 2. The van der Waals surface area contributed by atoms with Crippen LogP contribution in [0.5, 0.6) is 0 Å². The van der Waals surface area contributed by atoms with Gasteiger partial charge < -0.3 is 4.42 Å². The van der Waals surface area contributed by atoms with E-state index < -0.39 is 11.1 Å². The monoisotopic (exact) mass is 291 g/mol. The third-order valence-electron chi connectivity index (χ3n) is 3.16. The number of H-pyrrole nitrogens is 1. The van der Waals surface area contributed by atoms with E-state index in [0.717, 1.165) is 5.56 Å². The molecule has 1 heterocycles. The second kappa shape index (κ2) is 5.13. The largest absolute Gasteiger partial charge is 0.417 e. The van der Waals surface area contributed by atoms with Crippen LogP contribution in [-0.4, -0.2) is 4.98 Å². The van der Waals surface area contributed by atoms with Crippen LogP contribution in [0, 0.1) is 5.82 Å². The Morgan fingerprint density at radius 1 is 1.25 bits per heavy atom. The van der Waals surface area contributed by atoms with Crippen LogP contribution in [0.2, 0.25) is 0 Å². The molecule has 1 N–H and O–H groups in total. The van der Waals surface area contributed by atoms with Gasteiger partial charge >= 0.3 is 5.76 Å². The first kappa shape index (κ1) is 12.9. The Labute approximate surface area is 119 Å². The van der Waals surface area contributed by atoms with Gasteiger partial charge in [0.15, 0.2) is 5.58 Å². The highest BCUT2D eigenvalue weighted by Gasteiger charge is 2.13. The van der Waals surface area contributed by atoms with Gasteiger partial charge in [-0.05, 0) is 35.7 Å². The third-order valence-corrected chi connectivity index (χ3v) is 3.57. The molecule has 20 heavy (non-hydrogen) atoms. The zero-order valence-electron chi connectivity index (χ0n) is 10.4. The van der Waals surface area contributed by atoms with Crippen molar-refractivity contribution in [1.29, 1.82) is 0 Å². The lowest BCUT2D eigenvalue weighted by Gasteiger charge is -2.10. The number of hydrogen-bond acceptors (Lipinski definition) is 2. The molecule has 3 nitrogen and oxygen atoms in total. The van der Waals surface area contributed by atoms with Crippen molar-refractivity contribution in [1.82, 2.24) is 4.98 Å². The van der Waals surface area contributed by atoms with E-state index in [1.165, 1.54) is 6.07 Å². The molecule has 1 aromatic heterocycles. The van der Waals surface area contributed by atoms with Crippen LogP contribution in [0.25, 0.3) is 11.1 Å². The van der Waals surface area contributed by atoms with Crippen LogP contribution in [0.15, 0.2) is 51.7 Å². The quantitative estimate of drug-likeness (QED) is 0.746. The highest BCUT2D eigenvalue weighted by molar-refractivity contribution is 6.21. The minimum Gasteiger partial charge on any atom is -0.408 e. The van der Waals surface area contributed by atoms with Gasteiger partial charge in [0, 0.05) is 0 Å². The maximum Gasteiger partial charge on any atom is 0.417 e. The average molecular weight is 292 g/mol. The van der Waals surface area contributed by atoms with Gasteiger partial charge in [-0.3, -0.25) is 4.98 Å². The maximum atomic E-state index is 13.6. The molecule has 3 rings (SSSR count). The van der Waals surface area contributed by atoms with Crippen LogP contribution in [-0.2, 0) is 6.42 Å². The van der Waals surface area contributed by atoms with Crippen molar-refractivity contribution in [2.45, 2.75) is 11.8 Å². The Morgan fingerprint density at radius 3 is 2.85 bits per heavy atom. The van der Waals surface area contributed by atoms with Gasteiger partial charge in [-0.15, -0.1) is 11.6 Å². The molecule has 1 atom stereocenters. The molecule has 0 aliphatic rings. The molecule has 0 spiro atoms. The summed E-state index contributed by atoms with van der Waals surface area (Å²) >= 11 is 6.32. The molecule has 0 bridgehead atoms. The normalized spacial score (nSPS) is 12.7. The molecule has 0 aliphatic heterocycles. The molecule has 1 unspecified atom stereocenters. The van der Waals surface area contributed by atoms with Crippen molar-refractivity contribution in [2.75, 3.05) is 0 Å².